The molecule has 1 aliphatic heterocycles. The van der Waals surface area contributed by atoms with Gasteiger partial charge in [0.2, 0.25) is 11.0 Å². The third-order valence-electron chi connectivity index (χ3n) is 3.70. The van der Waals surface area contributed by atoms with Gasteiger partial charge in [0, 0.05) is 19.1 Å². The zero-order valence-corrected chi connectivity index (χ0v) is 16.2. The van der Waals surface area contributed by atoms with E-state index >= 15 is 0 Å². The van der Waals surface area contributed by atoms with Gasteiger partial charge in [-0.2, -0.15) is 0 Å². The summed E-state index contributed by atoms with van der Waals surface area (Å²) in [6.07, 6.45) is 2.25. The van der Waals surface area contributed by atoms with Gasteiger partial charge in [-0.25, -0.2) is 8.42 Å². The second kappa shape index (κ2) is 8.30. The highest BCUT2D eigenvalue weighted by Crippen LogP contribution is 2.30. The first-order valence-electron chi connectivity index (χ1n) is 7.72. The van der Waals surface area contributed by atoms with Crippen LogP contribution in [0.4, 0.5) is 5.13 Å². The Kier molecular flexibility index (Phi) is 6.64. The highest BCUT2D eigenvalue weighted by molar-refractivity contribution is 8.02. The molecule has 1 saturated heterocycles. The van der Waals surface area contributed by atoms with Crippen LogP contribution in [0.25, 0.3) is 0 Å². The fourth-order valence-electron chi connectivity index (χ4n) is 2.54. The fraction of sp³-hybridized carbons (Fsp3) is 0.643. The van der Waals surface area contributed by atoms with Crippen molar-refractivity contribution in [3.05, 3.63) is 12.7 Å². The number of nitrogens with zero attached hydrogens (tertiary/aromatic N) is 3. The molecule has 1 N–H and O–H groups in total. The number of sulfone groups is 1. The molecule has 0 aliphatic carbocycles. The minimum absolute atomic E-state index is 0.0552. The lowest BCUT2D eigenvalue weighted by Crippen LogP contribution is -2.44. The van der Waals surface area contributed by atoms with E-state index in [1.54, 1.807) is 11.0 Å². The predicted octanol–water partition coefficient (Wildman–Crippen LogP) is 1.65. The van der Waals surface area contributed by atoms with E-state index in [1.165, 1.54) is 23.1 Å². The quantitative estimate of drug-likeness (QED) is 0.533. The van der Waals surface area contributed by atoms with Crippen molar-refractivity contribution in [3.8, 4) is 0 Å². The number of nitrogens with one attached hydrogen (secondary N) is 1. The third kappa shape index (κ3) is 4.93. The summed E-state index contributed by atoms with van der Waals surface area (Å²) in [5, 5.41) is 11.5. The van der Waals surface area contributed by atoms with Gasteiger partial charge in [-0.3, -0.25) is 4.79 Å². The molecule has 1 aromatic rings. The van der Waals surface area contributed by atoms with Gasteiger partial charge in [0.05, 0.1) is 16.8 Å². The van der Waals surface area contributed by atoms with Crippen LogP contribution in [-0.2, 0) is 14.6 Å². The second-order valence-corrected chi connectivity index (χ2v) is 10.3. The van der Waals surface area contributed by atoms with Gasteiger partial charge in [0.1, 0.15) is 0 Å². The lowest BCUT2D eigenvalue weighted by Gasteiger charge is -2.29. The summed E-state index contributed by atoms with van der Waals surface area (Å²) in [4.78, 5) is 14.4. The summed E-state index contributed by atoms with van der Waals surface area (Å²) in [6.45, 7) is 8.43. The molecule has 7 nitrogen and oxygen atoms in total. The van der Waals surface area contributed by atoms with Crippen LogP contribution in [0.15, 0.2) is 17.0 Å². The minimum atomic E-state index is -3.01. The van der Waals surface area contributed by atoms with E-state index in [0.717, 1.165) is 0 Å². The van der Waals surface area contributed by atoms with Crippen molar-refractivity contribution >= 4 is 44.0 Å². The second-order valence-electron chi connectivity index (χ2n) is 5.48. The Labute approximate surface area is 150 Å². The molecule has 0 radical (unpaired) electrons. The predicted molar refractivity (Wildman–Crippen MR) is 98.4 cm³/mol. The smallest absolute Gasteiger partial charge is 0.236 e. The molecule has 0 unspecified atom stereocenters. The zero-order valence-electron chi connectivity index (χ0n) is 13.8. The molecule has 10 heteroatoms. The number of amides is 1. The Morgan fingerprint density at radius 1 is 1.58 bits per heavy atom. The lowest BCUT2D eigenvalue weighted by atomic mass is 10.2. The molecule has 0 bridgehead atoms. The van der Waals surface area contributed by atoms with Crippen molar-refractivity contribution in [3.63, 3.8) is 0 Å². The average molecular weight is 391 g/mol. The Morgan fingerprint density at radius 3 is 2.92 bits per heavy atom. The van der Waals surface area contributed by atoms with E-state index in [0.29, 0.717) is 29.0 Å². The number of thioether (sulfide) groups is 1. The molecule has 0 spiro atoms. The van der Waals surface area contributed by atoms with E-state index in [1.807, 2.05) is 13.8 Å². The normalized spacial score (nSPS) is 20.5. The molecule has 2 atom stereocenters. The largest absolute Gasteiger partial charge is 0.357 e. The summed E-state index contributed by atoms with van der Waals surface area (Å²) in [5.41, 5.74) is 0. The molecular weight excluding hydrogens is 368 g/mol. The van der Waals surface area contributed by atoms with Gasteiger partial charge in [-0.15, -0.1) is 16.8 Å². The maximum Gasteiger partial charge on any atom is 0.236 e. The first-order chi connectivity index (χ1) is 11.4. The average Bonchev–Trinajstić information content (AvgIpc) is 3.12. The van der Waals surface area contributed by atoms with E-state index in [-0.39, 0.29) is 28.7 Å². The van der Waals surface area contributed by atoms with Crippen molar-refractivity contribution in [1.29, 1.82) is 0 Å². The Hall–Kier alpha value is -1.13. The number of anilines is 1. The summed E-state index contributed by atoms with van der Waals surface area (Å²) < 4.78 is 24.0. The van der Waals surface area contributed by atoms with Crippen LogP contribution in [0.5, 0.6) is 0 Å². The summed E-state index contributed by atoms with van der Waals surface area (Å²) in [6, 6.07) is -0.213. The number of hydrogen-bond acceptors (Lipinski definition) is 8. The molecule has 1 amide bonds. The number of rotatable bonds is 8. The van der Waals surface area contributed by atoms with Crippen molar-refractivity contribution in [1.82, 2.24) is 15.1 Å². The van der Waals surface area contributed by atoms with Crippen LogP contribution in [0.1, 0.15) is 20.3 Å². The molecule has 134 valence electrons. The Balaban J connectivity index is 1.97. The van der Waals surface area contributed by atoms with Gasteiger partial charge in [0.15, 0.2) is 14.2 Å². The summed E-state index contributed by atoms with van der Waals surface area (Å²) in [5.74, 6) is 0.177. The first kappa shape index (κ1) is 19.2. The molecule has 2 heterocycles. The SMILES string of the molecule is C=CCNc1nnc(S[C@H](C)C(=O)N(CC)[C@H]2CCS(=O)(=O)C2)s1. The summed E-state index contributed by atoms with van der Waals surface area (Å²) in [7, 11) is -3.01. The molecule has 24 heavy (non-hydrogen) atoms. The van der Waals surface area contributed by atoms with E-state index in [9.17, 15) is 13.2 Å². The van der Waals surface area contributed by atoms with Gasteiger partial charge >= 0.3 is 0 Å². The molecular formula is C14H22N4O3S3. The standard InChI is InChI=1S/C14H22N4O3S3/c1-4-7-15-13-16-17-14(23-13)22-10(3)12(19)18(5-2)11-6-8-24(20,21)9-11/h4,10-11H,1,5-9H2,2-3H3,(H,15,16)/t10-,11+/m1/s1. The van der Waals surface area contributed by atoms with Gasteiger partial charge < -0.3 is 10.2 Å². The van der Waals surface area contributed by atoms with Gasteiger partial charge in [-0.1, -0.05) is 29.2 Å². The zero-order chi connectivity index (χ0) is 17.7. The van der Waals surface area contributed by atoms with Gasteiger partial charge in [0.25, 0.3) is 0 Å². The highest BCUT2D eigenvalue weighted by atomic mass is 32.2. The highest BCUT2D eigenvalue weighted by Gasteiger charge is 2.35. The molecule has 1 fully saturated rings. The molecule has 2 rings (SSSR count). The van der Waals surface area contributed by atoms with Crippen LogP contribution in [0.3, 0.4) is 0 Å². The molecule has 0 aromatic carbocycles. The molecule has 1 aliphatic rings. The molecule has 1 aromatic heterocycles. The monoisotopic (exact) mass is 390 g/mol. The van der Waals surface area contributed by atoms with Crippen LogP contribution >= 0.6 is 23.1 Å². The van der Waals surface area contributed by atoms with Crippen molar-refractivity contribution in [2.45, 2.75) is 35.9 Å². The number of aromatic nitrogens is 2. The van der Waals surface area contributed by atoms with E-state index in [4.69, 9.17) is 0 Å². The van der Waals surface area contributed by atoms with Crippen LogP contribution in [-0.4, -0.2) is 65.3 Å². The topological polar surface area (TPSA) is 92.3 Å². The summed E-state index contributed by atoms with van der Waals surface area (Å²) >= 11 is 2.73. The Bertz CT molecular complexity index is 689. The van der Waals surface area contributed by atoms with Crippen molar-refractivity contribution in [2.24, 2.45) is 0 Å². The Morgan fingerprint density at radius 2 is 2.33 bits per heavy atom. The van der Waals surface area contributed by atoms with E-state index < -0.39 is 9.84 Å². The fourth-order valence-corrected chi connectivity index (χ4v) is 6.24. The number of hydrogen-bond donors (Lipinski definition) is 1. The third-order valence-corrected chi connectivity index (χ3v) is 7.51. The first-order valence-corrected chi connectivity index (χ1v) is 11.2. The lowest BCUT2D eigenvalue weighted by molar-refractivity contribution is -0.131. The molecule has 0 saturated carbocycles. The van der Waals surface area contributed by atoms with Gasteiger partial charge in [-0.05, 0) is 20.3 Å². The minimum Gasteiger partial charge on any atom is -0.357 e. The van der Waals surface area contributed by atoms with E-state index in [2.05, 4.69) is 22.1 Å². The van der Waals surface area contributed by atoms with Crippen LogP contribution < -0.4 is 5.32 Å². The van der Waals surface area contributed by atoms with Crippen LogP contribution in [0.2, 0.25) is 0 Å². The maximum absolute atomic E-state index is 12.7. The maximum atomic E-state index is 12.7. The van der Waals surface area contributed by atoms with Crippen molar-refractivity contribution in [2.75, 3.05) is 29.9 Å². The van der Waals surface area contributed by atoms with Crippen LogP contribution in [0, 0.1) is 0 Å². The number of carbonyl (C=O) groups excluding carboxylic acids is 1. The number of carbonyl (C=O) groups is 1. The van der Waals surface area contributed by atoms with Crippen molar-refractivity contribution < 1.29 is 13.2 Å².